The van der Waals surface area contributed by atoms with Gasteiger partial charge in [-0.3, -0.25) is 9.59 Å². The van der Waals surface area contributed by atoms with E-state index < -0.39 is 23.8 Å². The molecule has 0 bridgehead atoms. The van der Waals surface area contributed by atoms with Crippen LogP contribution < -0.4 is 10.9 Å². The lowest BCUT2D eigenvalue weighted by molar-refractivity contribution is -0.123. The summed E-state index contributed by atoms with van der Waals surface area (Å²) < 4.78 is 20.1. The number of nitrogens with one attached hydrogen (secondary N) is 1. The van der Waals surface area contributed by atoms with Crippen molar-refractivity contribution < 1.29 is 18.7 Å². The first kappa shape index (κ1) is 24.2. The minimum absolute atomic E-state index is 0.0297. The van der Waals surface area contributed by atoms with Gasteiger partial charge in [-0.2, -0.15) is 0 Å². The van der Waals surface area contributed by atoms with E-state index in [1.807, 2.05) is 31.2 Å². The number of hydrogen-bond donors (Lipinski definition) is 1. The van der Waals surface area contributed by atoms with E-state index in [2.05, 4.69) is 5.32 Å². The summed E-state index contributed by atoms with van der Waals surface area (Å²) in [6, 6.07) is 18.3. The van der Waals surface area contributed by atoms with Gasteiger partial charge in [0, 0.05) is 23.7 Å². The fraction of sp³-hybridized carbons (Fsp3) is 0.148. The highest BCUT2D eigenvalue weighted by atomic mass is 35.5. The number of rotatable bonds is 5. The second-order valence-corrected chi connectivity index (χ2v) is 8.57. The molecule has 1 atom stereocenters. The normalized spacial score (nSPS) is 11.8. The van der Waals surface area contributed by atoms with Gasteiger partial charge in [0.15, 0.2) is 6.10 Å². The van der Waals surface area contributed by atoms with E-state index >= 15 is 0 Å². The molecule has 35 heavy (non-hydrogen) atoms. The third-order valence-electron chi connectivity index (χ3n) is 5.68. The Morgan fingerprint density at radius 2 is 1.69 bits per heavy atom. The second-order valence-electron chi connectivity index (χ2n) is 8.17. The van der Waals surface area contributed by atoms with Gasteiger partial charge in [0.25, 0.3) is 11.5 Å². The van der Waals surface area contributed by atoms with Gasteiger partial charge in [-0.15, -0.1) is 0 Å². The summed E-state index contributed by atoms with van der Waals surface area (Å²) in [4.78, 5) is 39.0. The molecule has 4 rings (SSSR count). The number of nitrogens with zero attached hydrogens (tertiary/aromatic N) is 1. The molecule has 4 aromatic rings. The highest BCUT2D eigenvalue weighted by Crippen LogP contribution is 2.31. The Morgan fingerprint density at radius 3 is 2.34 bits per heavy atom. The third kappa shape index (κ3) is 4.81. The molecule has 1 unspecified atom stereocenters. The topological polar surface area (TPSA) is 77.4 Å². The highest BCUT2D eigenvalue weighted by Gasteiger charge is 2.26. The molecule has 0 spiro atoms. The van der Waals surface area contributed by atoms with Crippen molar-refractivity contribution in [2.24, 2.45) is 7.05 Å². The van der Waals surface area contributed by atoms with Crippen molar-refractivity contribution in [2.75, 3.05) is 5.32 Å². The maximum atomic E-state index is 13.4. The van der Waals surface area contributed by atoms with Crippen molar-refractivity contribution in [2.45, 2.75) is 20.0 Å². The Bertz CT molecular complexity index is 1510. The molecule has 0 aliphatic carbocycles. The van der Waals surface area contributed by atoms with Crippen LogP contribution in [0.25, 0.3) is 21.9 Å². The van der Waals surface area contributed by atoms with Gasteiger partial charge in [-0.25, -0.2) is 9.18 Å². The quantitative estimate of drug-likeness (QED) is 0.374. The fourth-order valence-corrected chi connectivity index (χ4v) is 3.98. The van der Waals surface area contributed by atoms with E-state index in [1.54, 1.807) is 24.3 Å². The Morgan fingerprint density at radius 1 is 1.03 bits per heavy atom. The summed E-state index contributed by atoms with van der Waals surface area (Å²) in [5.74, 6) is -2.08. The van der Waals surface area contributed by atoms with Crippen molar-refractivity contribution in [1.82, 2.24) is 4.57 Å². The minimum Gasteiger partial charge on any atom is -0.448 e. The lowest BCUT2D eigenvalue weighted by Gasteiger charge is -2.19. The molecule has 8 heteroatoms. The van der Waals surface area contributed by atoms with Crippen LogP contribution in [0.5, 0.6) is 0 Å². The van der Waals surface area contributed by atoms with Gasteiger partial charge >= 0.3 is 5.97 Å². The lowest BCUT2D eigenvalue weighted by Crippen LogP contribution is -2.32. The highest BCUT2D eigenvalue weighted by molar-refractivity contribution is 6.31. The van der Waals surface area contributed by atoms with Gasteiger partial charge < -0.3 is 14.6 Å². The number of pyridine rings is 1. The average molecular weight is 493 g/mol. The molecule has 0 saturated heterocycles. The number of carbonyl (C=O) groups excluding carboxylic acids is 2. The van der Waals surface area contributed by atoms with Gasteiger partial charge in [0.1, 0.15) is 11.5 Å². The number of amides is 1. The van der Waals surface area contributed by atoms with E-state index in [1.165, 1.54) is 30.7 Å². The molecule has 1 heterocycles. The molecular formula is C27H22ClFN2O4. The van der Waals surface area contributed by atoms with E-state index in [-0.39, 0.29) is 22.0 Å². The second kappa shape index (κ2) is 9.72. The summed E-state index contributed by atoms with van der Waals surface area (Å²) >= 11 is 5.76. The number of anilines is 1. The molecule has 0 radical (unpaired) electrons. The summed E-state index contributed by atoms with van der Waals surface area (Å²) in [6.07, 6.45) is -1.21. The zero-order chi connectivity index (χ0) is 25.3. The molecule has 0 aliphatic heterocycles. The molecule has 1 amide bonds. The van der Waals surface area contributed by atoms with E-state index in [4.69, 9.17) is 16.3 Å². The van der Waals surface area contributed by atoms with Crippen LogP contribution in [0.15, 0.2) is 71.5 Å². The summed E-state index contributed by atoms with van der Waals surface area (Å²) in [6.45, 7) is 3.36. The molecular weight excluding hydrogens is 471 g/mol. The van der Waals surface area contributed by atoms with Crippen LogP contribution in [0.1, 0.15) is 23.0 Å². The summed E-state index contributed by atoms with van der Waals surface area (Å²) in [5, 5.41) is 3.45. The first-order valence-corrected chi connectivity index (χ1v) is 11.2. The Balaban J connectivity index is 1.72. The lowest BCUT2D eigenvalue weighted by atomic mass is 9.96. The molecule has 178 valence electrons. The Labute approximate surface area is 205 Å². The summed E-state index contributed by atoms with van der Waals surface area (Å²) in [7, 11) is 1.49. The SMILES string of the molecule is Cc1ccc(-c2c(C(=O)OC(C)C(=O)Nc3ccc(F)c(Cl)c3)n(C)c(=O)c3ccccc23)cc1. The predicted molar refractivity (Wildman–Crippen MR) is 134 cm³/mol. The number of halogens is 2. The van der Waals surface area contributed by atoms with Crippen molar-refractivity contribution >= 4 is 39.9 Å². The third-order valence-corrected chi connectivity index (χ3v) is 5.97. The van der Waals surface area contributed by atoms with Crippen molar-refractivity contribution in [1.29, 1.82) is 0 Å². The molecule has 1 aromatic heterocycles. The molecule has 0 fully saturated rings. The first-order chi connectivity index (χ1) is 16.7. The number of esters is 1. The van der Waals surface area contributed by atoms with Crippen LogP contribution >= 0.6 is 11.6 Å². The van der Waals surface area contributed by atoms with Crippen LogP contribution in [-0.4, -0.2) is 22.5 Å². The summed E-state index contributed by atoms with van der Waals surface area (Å²) in [5.41, 5.74) is 2.22. The zero-order valence-electron chi connectivity index (χ0n) is 19.3. The fourth-order valence-electron chi connectivity index (χ4n) is 3.80. The number of benzene rings is 3. The number of carbonyl (C=O) groups is 2. The zero-order valence-corrected chi connectivity index (χ0v) is 20.0. The molecule has 0 saturated carbocycles. The van der Waals surface area contributed by atoms with Gasteiger partial charge in [0.05, 0.1) is 5.02 Å². The van der Waals surface area contributed by atoms with Crippen LogP contribution in [0, 0.1) is 12.7 Å². The van der Waals surface area contributed by atoms with E-state index in [0.717, 1.165) is 17.2 Å². The Hall–Kier alpha value is -3.97. The largest absolute Gasteiger partial charge is 0.448 e. The number of aryl methyl sites for hydroxylation is 1. The smallest absolute Gasteiger partial charge is 0.356 e. The molecule has 1 N–H and O–H groups in total. The minimum atomic E-state index is -1.21. The van der Waals surface area contributed by atoms with Crippen LogP contribution in [-0.2, 0) is 16.6 Å². The van der Waals surface area contributed by atoms with Crippen molar-refractivity contribution in [3.05, 3.63) is 99.2 Å². The maximum absolute atomic E-state index is 13.4. The van der Waals surface area contributed by atoms with Crippen LogP contribution in [0.4, 0.5) is 10.1 Å². The first-order valence-electron chi connectivity index (χ1n) is 10.8. The Kier molecular flexibility index (Phi) is 6.71. The number of ether oxygens (including phenoxy) is 1. The van der Waals surface area contributed by atoms with Gasteiger partial charge in [0.2, 0.25) is 0 Å². The van der Waals surface area contributed by atoms with Gasteiger partial charge in [-0.05, 0) is 49.1 Å². The molecule has 0 aliphatic rings. The van der Waals surface area contributed by atoms with Crippen LogP contribution in [0.2, 0.25) is 5.02 Å². The molecule has 6 nitrogen and oxygen atoms in total. The van der Waals surface area contributed by atoms with E-state index in [9.17, 15) is 18.8 Å². The number of hydrogen-bond acceptors (Lipinski definition) is 4. The van der Waals surface area contributed by atoms with Crippen LogP contribution in [0.3, 0.4) is 0 Å². The van der Waals surface area contributed by atoms with Gasteiger partial charge in [-0.1, -0.05) is 59.6 Å². The maximum Gasteiger partial charge on any atom is 0.356 e. The predicted octanol–water partition coefficient (Wildman–Crippen LogP) is 5.49. The number of fused-ring (bicyclic) bond motifs is 1. The van der Waals surface area contributed by atoms with E-state index in [0.29, 0.717) is 16.3 Å². The molecule has 3 aromatic carbocycles. The van der Waals surface area contributed by atoms with Crippen molar-refractivity contribution in [3.63, 3.8) is 0 Å². The standard InChI is InChI=1S/C27H22ClFN2O4/c1-15-8-10-17(11-9-15)23-19-6-4-5-7-20(19)26(33)31(3)24(23)27(34)35-16(2)25(32)30-18-12-13-22(29)21(28)14-18/h4-14,16H,1-3H3,(H,30,32). The number of aromatic nitrogens is 1. The average Bonchev–Trinajstić information content (AvgIpc) is 2.84. The monoisotopic (exact) mass is 492 g/mol. The van der Waals surface area contributed by atoms with Crippen molar-refractivity contribution in [3.8, 4) is 11.1 Å².